The first-order valence-electron chi connectivity index (χ1n) is 28.4. The van der Waals surface area contributed by atoms with Crippen LogP contribution in [0.4, 0.5) is 51.2 Å². The van der Waals surface area contributed by atoms with E-state index in [1.807, 2.05) is 0 Å². The second-order valence-electron chi connectivity index (χ2n) is 27.6. The highest BCUT2D eigenvalue weighted by molar-refractivity contribution is 7.00. The Hall–Kier alpha value is -6.78. The minimum atomic E-state index is -0.277. The van der Waals surface area contributed by atoms with E-state index in [1.54, 1.807) is 0 Å². The van der Waals surface area contributed by atoms with Gasteiger partial charge in [0, 0.05) is 50.9 Å². The summed E-state index contributed by atoms with van der Waals surface area (Å²) in [6, 6.07) is 61.5. The highest BCUT2D eigenvalue weighted by Crippen LogP contribution is 2.59. The van der Waals surface area contributed by atoms with Crippen molar-refractivity contribution in [3.63, 3.8) is 0 Å². The molecule has 4 heteroatoms. The summed E-state index contributed by atoms with van der Waals surface area (Å²) in [5, 5.41) is 0. The third kappa shape index (κ3) is 7.14. The minimum absolute atomic E-state index is 0.0229. The monoisotopic (exact) mass is 994 g/mol. The molecule has 0 fully saturated rings. The predicted octanol–water partition coefficient (Wildman–Crippen LogP) is 17.8. The van der Waals surface area contributed by atoms with Crippen LogP contribution in [0.15, 0.2) is 158 Å². The van der Waals surface area contributed by atoms with Crippen LogP contribution in [0.2, 0.25) is 0 Å². The number of benzene rings is 8. The Morgan fingerprint density at radius 2 is 0.974 bits per heavy atom. The Morgan fingerprint density at radius 1 is 0.434 bits per heavy atom. The van der Waals surface area contributed by atoms with Gasteiger partial charge in [-0.15, -0.1) is 0 Å². The average Bonchev–Trinajstić information content (AvgIpc) is 3.71. The zero-order chi connectivity index (χ0) is 53.2. The molecule has 0 N–H and O–H groups in total. The molecule has 2 heterocycles. The zero-order valence-corrected chi connectivity index (χ0v) is 47.8. The Labute approximate surface area is 455 Å². The molecular formula is C72H76BN3. The van der Waals surface area contributed by atoms with Gasteiger partial charge in [-0.1, -0.05) is 175 Å². The van der Waals surface area contributed by atoms with E-state index in [2.05, 4.69) is 269 Å². The van der Waals surface area contributed by atoms with Gasteiger partial charge in [-0.05, 0) is 205 Å². The number of aryl methyl sites for hydroxylation is 1. The molecule has 0 aromatic heterocycles. The Morgan fingerprint density at radius 3 is 1.59 bits per heavy atom. The molecule has 0 radical (unpaired) electrons. The van der Waals surface area contributed by atoms with Crippen molar-refractivity contribution in [3.8, 4) is 11.1 Å². The lowest BCUT2D eigenvalue weighted by Gasteiger charge is -2.48. The maximum absolute atomic E-state index is 2.72. The fraction of sp³-hybridized carbons (Fsp3) is 0.333. The maximum Gasteiger partial charge on any atom is 0.252 e. The summed E-state index contributed by atoms with van der Waals surface area (Å²) in [5.41, 5.74) is 29.2. The van der Waals surface area contributed by atoms with E-state index in [0.717, 1.165) is 29.9 Å². The first-order chi connectivity index (χ1) is 36.0. The predicted molar refractivity (Wildman–Crippen MR) is 327 cm³/mol. The number of hydrogen-bond donors (Lipinski definition) is 0. The molecule has 0 atom stereocenters. The van der Waals surface area contributed by atoms with Gasteiger partial charge in [0.2, 0.25) is 0 Å². The molecule has 8 aromatic carbocycles. The molecule has 0 saturated carbocycles. The van der Waals surface area contributed by atoms with Gasteiger partial charge in [0.15, 0.2) is 0 Å². The van der Waals surface area contributed by atoms with Crippen molar-refractivity contribution < 1.29 is 0 Å². The number of fused-ring (bicyclic) bond motifs is 9. The quantitative estimate of drug-likeness (QED) is 0.159. The Bertz CT molecular complexity index is 3660. The Kier molecular flexibility index (Phi) is 10.5. The van der Waals surface area contributed by atoms with Crippen LogP contribution < -0.4 is 31.1 Å². The number of hydrogen-bond acceptors (Lipinski definition) is 3. The molecule has 2 aliphatic heterocycles. The SMILES string of the molecule is Cc1cc2c3c(c1)N(c1ccc(C(C)(C)C)c4c1C(C)(C)c1ccccc1-4)c1cc(N(c4ccccc4)c4ccccc4)ccc1B3c1cc3c(cc1N2c1ccc2c(c1)C(C)(C)CCC2(C)C)C(C)(C)CCC3(C)C. The summed E-state index contributed by atoms with van der Waals surface area (Å²) < 4.78 is 0. The summed E-state index contributed by atoms with van der Waals surface area (Å²) in [6.45, 7) is 34.2. The van der Waals surface area contributed by atoms with Gasteiger partial charge in [-0.25, -0.2) is 0 Å². The Balaban J connectivity index is 1.16. The van der Waals surface area contributed by atoms with Crippen molar-refractivity contribution >= 4 is 74.3 Å². The zero-order valence-electron chi connectivity index (χ0n) is 47.8. The molecule has 3 aliphatic carbocycles. The molecule has 0 amide bonds. The molecule has 76 heavy (non-hydrogen) atoms. The highest BCUT2D eigenvalue weighted by Gasteiger charge is 2.49. The lowest BCUT2D eigenvalue weighted by atomic mass is 9.33. The summed E-state index contributed by atoms with van der Waals surface area (Å²) in [6.07, 6.45) is 4.68. The minimum Gasteiger partial charge on any atom is -0.311 e. The summed E-state index contributed by atoms with van der Waals surface area (Å²) in [4.78, 5) is 7.88. The maximum atomic E-state index is 2.72. The number of anilines is 9. The van der Waals surface area contributed by atoms with Crippen molar-refractivity contribution in [2.45, 2.75) is 155 Å². The normalized spacial score (nSPS) is 18.4. The molecule has 0 unspecified atom stereocenters. The van der Waals surface area contributed by atoms with E-state index in [1.165, 1.54) is 119 Å². The van der Waals surface area contributed by atoms with Crippen LogP contribution >= 0.6 is 0 Å². The van der Waals surface area contributed by atoms with Crippen LogP contribution in [0.3, 0.4) is 0 Å². The highest BCUT2D eigenvalue weighted by atomic mass is 15.2. The van der Waals surface area contributed by atoms with Gasteiger partial charge >= 0.3 is 0 Å². The summed E-state index contributed by atoms with van der Waals surface area (Å²) in [5.74, 6) is 0. The van der Waals surface area contributed by atoms with Gasteiger partial charge < -0.3 is 14.7 Å². The van der Waals surface area contributed by atoms with Gasteiger partial charge in [0.05, 0.1) is 5.69 Å². The van der Waals surface area contributed by atoms with Crippen molar-refractivity contribution in [1.29, 1.82) is 0 Å². The first kappa shape index (κ1) is 48.8. The first-order valence-corrected chi connectivity index (χ1v) is 28.4. The topological polar surface area (TPSA) is 9.72 Å². The average molecular weight is 994 g/mol. The molecule has 0 bridgehead atoms. The molecule has 8 aromatic rings. The summed E-state index contributed by atoms with van der Waals surface area (Å²) in [7, 11) is 0. The van der Waals surface area contributed by atoms with Crippen molar-refractivity contribution in [2.75, 3.05) is 14.7 Å². The third-order valence-corrected chi connectivity index (χ3v) is 19.3. The van der Waals surface area contributed by atoms with Crippen LogP contribution in [0, 0.1) is 6.92 Å². The van der Waals surface area contributed by atoms with E-state index in [4.69, 9.17) is 0 Å². The number of rotatable bonds is 5. The van der Waals surface area contributed by atoms with E-state index >= 15 is 0 Å². The molecule has 382 valence electrons. The largest absolute Gasteiger partial charge is 0.311 e. The van der Waals surface area contributed by atoms with E-state index < -0.39 is 0 Å². The van der Waals surface area contributed by atoms with Crippen LogP contribution in [0.5, 0.6) is 0 Å². The number of nitrogens with zero attached hydrogens (tertiary/aromatic N) is 3. The van der Waals surface area contributed by atoms with Gasteiger partial charge in [0.25, 0.3) is 6.71 Å². The van der Waals surface area contributed by atoms with Crippen molar-refractivity contribution in [1.82, 2.24) is 0 Å². The lowest BCUT2D eigenvalue weighted by molar-refractivity contribution is 0.332. The van der Waals surface area contributed by atoms with Crippen LogP contribution in [-0.4, -0.2) is 6.71 Å². The standard InChI is InChI=1S/C72H76BN3/c1-45-39-62-66-63(40-45)76(59-34-32-53(67(2,3)4)64-50-27-21-22-28-51(50)72(13,14)65(59)64)60-42-49(74(46-23-17-15-18-24-46)47-25-19-16-20-26-47)30-33-57(60)73(66)58-43-55-56(71(11,12)38-37-70(55,9)10)44-61(58)75(62)48-29-31-52-54(41-48)69(7,8)36-35-68(52,5)6/h15-34,39-44H,35-38H2,1-14H3. The molecule has 3 nitrogen and oxygen atoms in total. The lowest BCUT2D eigenvalue weighted by Crippen LogP contribution is -2.62. The second kappa shape index (κ2) is 16.4. The smallest absolute Gasteiger partial charge is 0.252 e. The fourth-order valence-corrected chi connectivity index (χ4v) is 14.9. The van der Waals surface area contributed by atoms with Crippen LogP contribution in [0.1, 0.15) is 160 Å². The van der Waals surface area contributed by atoms with E-state index in [-0.39, 0.29) is 39.2 Å². The van der Waals surface area contributed by atoms with E-state index in [9.17, 15) is 0 Å². The van der Waals surface area contributed by atoms with Gasteiger partial charge in [-0.3, -0.25) is 0 Å². The van der Waals surface area contributed by atoms with Crippen molar-refractivity contribution in [3.05, 3.63) is 202 Å². The van der Waals surface area contributed by atoms with Gasteiger partial charge in [0.1, 0.15) is 0 Å². The van der Waals surface area contributed by atoms with Gasteiger partial charge in [-0.2, -0.15) is 0 Å². The van der Waals surface area contributed by atoms with E-state index in [0.29, 0.717) is 0 Å². The second-order valence-corrected chi connectivity index (χ2v) is 27.6. The molecule has 5 aliphatic rings. The number of para-hydroxylation sites is 2. The van der Waals surface area contributed by atoms with Crippen LogP contribution in [0.25, 0.3) is 11.1 Å². The third-order valence-electron chi connectivity index (χ3n) is 19.3. The molecule has 13 rings (SSSR count). The molecular weight excluding hydrogens is 918 g/mol. The molecule has 0 saturated heterocycles. The fourth-order valence-electron chi connectivity index (χ4n) is 14.9. The summed E-state index contributed by atoms with van der Waals surface area (Å²) >= 11 is 0. The molecule has 0 spiro atoms. The van der Waals surface area contributed by atoms with Crippen molar-refractivity contribution in [2.24, 2.45) is 0 Å². The van der Waals surface area contributed by atoms with Crippen LogP contribution in [-0.2, 0) is 32.5 Å².